The van der Waals surface area contributed by atoms with Crippen molar-refractivity contribution in [3.05, 3.63) is 57.3 Å². The van der Waals surface area contributed by atoms with E-state index in [0.29, 0.717) is 43.1 Å². The monoisotopic (exact) mass is 474 g/mol. The molecule has 0 aliphatic heterocycles. The van der Waals surface area contributed by atoms with Gasteiger partial charge in [0.1, 0.15) is 5.60 Å². The summed E-state index contributed by atoms with van der Waals surface area (Å²) in [5.74, 6) is 0.102. The van der Waals surface area contributed by atoms with Crippen LogP contribution < -0.4 is 16.2 Å². The number of aromatic nitrogens is 2. The molecule has 1 aliphatic rings. The van der Waals surface area contributed by atoms with Crippen molar-refractivity contribution < 1.29 is 14.3 Å². The molecular formula is C24H31ClN4O4. The van der Waals surface area contributed by atoms with E-state index in [1.165, 1.54) is 23.7 Å². The van der Waals surface area contributed by atoms with Crippen LogP contribution in [0.25, 0.3) is 0 Å². The van der Waals surface area contributed by atoms with Crippen LogP contribution in [0.1, 0.15) is 65.0 Å². The molecule has 0 bridgehead atoms. The van der Waals surface area contributed by atoms with E-state index in [1.54, 1.807) is 0 Å². The highest BCUT2D eigenvalue weighted by Crippen LogP contribution is 2.43. The van der Waals surface area contributed by atoms with Crippen LogP contribution in [0.2, 0.25) is 5.02 Å². The zero-order valence-electron chi connectivity index (χ0n) is 19.5. The molecule has 0 saturated heterocycles. The molecule has 9 heteroatoms. The Labute approximate surface area is 198 Å². The van der Waals surface area contributed by atoms with E-state index in [9.17, 15) is 14.4 Å². The van der Waals surface area contributed by atoms with E-state index < -0.39 is 11.7 Å². The summed E-state index contributed by atoms with van der Waals surface area (Å²) in [6, 6.07) is 10.5. The number of amides is 2. The third-order valence-corrected chi connectivity index (χ3v) is 6.03. The van der Waals surface area contributed by atoms with Crippen molar-refractivity contribution in [2.45, 2.75) is 70.4 Å². The number of benzene rings is 1. The molecule has 0 radical (unpaired) electrons. The smallest absolute Gasteiger partial charge is 0.407 e. The first kappa shape index (κ1) is 24.8. The van der Waals surface area contributed by atoms with Crippen LogP contribution >= 0.6 is 11.6 Å². The van der Waals surface area contributed by atoms with Crippen molar-refractivity contribution >= 4 is 29.4 Å². The molecule has 2 N–H and O–H groups in total. The second-order valence-electron chi connectivity index (χ2n) is 9.56. The third kappa shape index (κ3) is 6.57. The molecule has 2 aromatic rings. The van der Waals surface area contributed by atoms with Gasteiger partial charge in [-0.3, -0.25) is 9.59 Å². The maximum atomic E-state index is 12.5. The van der Waals surface area contributed by atoms with Gasteiger partial charge in [0.05, 0.1) is 6.04 Å². The molecule has 1 heterocycles. The molecule has 2 amide bonds. The van der Waals surface area contributed by atoms with Gasteiger partial charge < -0.3 is 15.4 Å². The van der Waals surface area contributed by atoms with Crippen molar-refractivity contribution in [1.29, 1.82) is 0 Å². The fourth-order valence-electron chi connectivity index (χ4n) is 4.28. The first-order valence-corrected chi connectivity index (χ1v) is 11.5. The zero-order valence-corrected chi connectivity index (χ0v) is 20.2. The highest BCUT2D eigenvalue weighted by Gasteiger charge is 2.38. The highest BCUT2D eigenvalue weighted by molar-refractivity contribution is 6.30. The van der Waals surface area contributed by atoms with Gasteiger partial charge in [-0.1, -0.05) is 23.7 Å². The summed E-state index contributed by atoms with van der Waals surface area (Å²) in [5.41, 5.74) is -0.110. The number of carbonyl (C=O) groups excluding carboxylic acids is 2. The Morgan fingerprint density at radius 1 is 1.21 bits per heavy atom. The van der Waals surface area contributed by atoms with Gasteiger partial charge in [-0.25, -0.2) is 9.48 Å². The fraction of sp³-hybridized carbons (Fsp3) is 0.500. The topological polar surface area (TPSA) is 102 Å². The molecule has 3 rings (SSSR count). The largest absolute Gasteiger partial charge is 0.444 e. The molecule has 0 atom stereocenters. The van der Waals surface area contributed by atoms with Crippen LogP contribution in [0.3, 0.4) is 0 Å². The summed E-state index contributed by atoms with van der Waals surface area (Å²) in [6.07, 6.45) is 2.32. The Kier molecular flexibility index (Phi) is 7.47. The predicted molar refractivity (Wildman–Crippen MR) is 128 cm³/mol. The molecule has 0 unspecified atom stereocenters. The number of hydrogen-bond donors (Lipinski definition) is 2. The van der Waals surface area contributed by atoms with Crippen LogP contribution in [0.5, 0.6) is 0 Å². The maximum Gasteiger partial charge on any atom is 0.407 e. The molecule has 33 heavy (non-hydrogen) atoms. The van der Waals surface area contributed by atoms with Crippen LogP contribution in [-0.2, 0) is 14.9 Å². The molecule has 1 fully saturated rings. The summed E-state index contributed by atoms with van der Waals surface area (Å²) >= 11 is 6.28. The lowest BCUT2D eigenvalue weighted by molar-refractivity contribution is -0.114. The van der Waals surface area contributed by atoms with Gasteiger partial charge in [0.15, 0.2) is 5.82 Å². The lowest BCUT2D eigenvalue weighted by atomic mass is 9.68. The number of nitrogens with one attached hydrogen (secondary N) is 2. The van der Waals surface area contributed by atoms with Gasteiger partial charge in [-0.2, -0.15) is 5.10 Å². The molecule has 1 saturated carbocycles. The summed E-state index contributed by atoms with van der Waals surface area (Å²) in [6.45, 7) is 7.26. The number of rotatable bonds is 5. The van der Waals surface area contributed by atoms with Gasteiger partial charge in [-0.05, 0) is 70.2 Å². The second-order valence-corrected chi connectivity index (χ2v) is 10.00. The minimum absolute atomic E-state index is 0.111. The maximum absolute atomic E-state index is 12.5. The lowest BCUT2D eigenvalue weighted by Crippen LogP contribution is -2.45. The van der Waals surface area contributed by atoms with Crippen LogP contribution in [-0.4, -0.2) is 33.9 Å². The van der Waals surface area contributed by atoms with E-state index >= 15 is 0 Å². The Bertz CT molecular complexity index is 1070. The number of anilines is 1. The quantitative estimate of drug-likeness (QED) is 0.667. The summed E-state index contributed by atoms with van der Waals surface area (Å²) in [5, 5.41) is 10.5. The first-order valence-electron chi connectivity index (χ1n) is 11.1. The van der Waals surface area contributed by atoms with Crippen molar-refractivity contribution in [2.24, 2.45) is 0 Å². The SMILES string of the molecule is CC(=O)Nc1ccc(=O)n([C@H]2CC[C@@](CNC(=O)OC(C)(C)C)(c3cccc(Cl)c3)CC2)n1. The normalized spacial score (nSPS) is 20.7. The summed E-state index contributed by atoms with van der Waals surface area (Å²) in [7, 11) is 0. The standard InChI is InChI=1S/C24H31ClN4O4/c1-16(30)27-20-8-9-21(31)29(28-20)19-10-12-24(13-11-19,17-6-5-7-18(25)14-17)15-26-22(32)33-23(2,3)4/h5-9,14,19H,10-13,15H2,1-4H3,(H,26,32)(H,27,28,30)/t19-,24+. The number of alkyl carbamates (subject to hydrolysis) is 1. The van der Waals surface area contributed by atoms with E-state index in [-0.39, 0.29) is 22.9 Å². The molecule has 1 aromatic carbocycles. The van der Waals surface area contributed by atoms with Gasteiger partial charge in [0.25, 0.3) is 5.56 Å². The van der Waals surface area contributed by atoms with Gasteiger partial charge in [0.2, 0.25) is 5.91 Å². The number of halogens is 1. The summed E-state index contributed by atoms with van der Waals surface area (Å²) < 4.78 is 6.87. The Morgan fingerprint density at radius 2 is 1.91 bits per heavy atom. The Morgan fingerprint density at radius 3 is 2.52 bits per heavy atom. The number of carbonyl (C=O) groups is 2. The van der Waals surface area contributed by atoms with E-state index in [0.717, 1.165) is 5.56 Å². The molecule has 8 nitrogen and oxygen atoms in total. The Hall–Kier alpha value is -2.87. The van der Waals surface area contributed by atoms with E-state index in [4.69, 9.17) is 16.3 Å². The minimum Gasteiger partial charge on any atom is -0.444 e. The van der Waals surface area contributed by atoms with Crippen molar-refractivity contribution in [3.63, 3.8) is 0 Å². The first-order chi connectivity index (χ1) is 15.5. The van der Waals surface area contributed by atoms with E-state index in [1.807, 2.05) is 45.0 Å². The predicted octanol–water partition coefficient (Wildman–Crippen LogP) is 4.43. The average molecular weight is 475 g/mol. The Balaban J connectivity index is 1.81. The van der Waals surface area contributed by atoms with Gasteiger partial charge in [0, 0.05) is 30.0 Å². The lowest BCUT2D eigenvalue weighted by Gasteiger charge is -2.41. The summed E-state index contributed by atoms with van der Waals surface area (Å²) in [4.78, 5) is 36.2. The van der Waals surface area contributed by atoms with Crippen LogP contribution in [0, 0.1) is 0 Å². The number of ether oxygens (including phenoxy) is 1. The third-order valence-electron chi connectivity index (χ3n) is 5.79. The molecule has 1 aliphatic carbocycles. The minimum atomic E-state index is -0.587. The highest BCUT2D eigenvalue weighted by atomic mass is 35.5. The number of hydrogen-bond acceptors (Lipinski definition) is 5. The molecule has 178 valence electrons. The number of nitrogens with zero attached hydrogens (tertiary/aromatic N) is 2. The van der Waals surface area contributed by atoms with Gasteiger partial charge in [-0.15, -0.1) is 0 Å². The second kappa shape index (κ2) is 9.95. The van der Waals surface area contributed by atoms with Crippen molar-refractivity contribution in [3.8, 4) is 0 Å². The van der Waals surface area contributed by atoms with Crippen LogP contribution in [0.4, 0.5) is 10.6 Å². The zero-order chi connectivity index (χ0) is 24.2. The van der Waals surface area contributed by atoms with E-state index in [2.05, 4.69) is 15.7 Å². The molecule has 1 aromatic heterocycles. The fourth-order valence-corrected chi connectivity index (χ4v) is 4.47. The molecular weight excluding hydrogens is 444 g/mol. The van der Waals surface area contributed by atoms with Crippen LogP contribution in [0.15, 0.2) is 41.2 Å². The van der Waals surface area contributed by atoms with Crippen molar-refractivity contribution in [1.82, 2.24) is 15.1 Å². The molecule has 0 spiro atoms. The average Bonchev–Trinajstić information content (AvgIpc) is 2.72. The van der Waals surface area contributed by atoms with Crippen molar-refractivity contribution in [2.75, 3.05) is 11.9 Å². The van der Waals surface area contributed by atoms with Gasteiger partial charge >= 0.3 is 6.09 Å².